The zero-order valence-electron chi connectivity index (χ0n) is 36.2. The molecule has 8 aromatic rings. The Bertz CT molecular complexity index is 2980. The van der Waals surface area contributed by atoms with Gasteiger partial charge in [0.15, 0.2) is 5.79 Å². The van der Waals surface area contributed by atoms with Crippen molar-refractivity contribution in [3.63, 3.8) is 0 Å². The number of rotatable bonds is 12. The third kappa shape index (κ3) is 10.7. The Morgan fingerprint density at radius 2 is 1.30 bits per heavy atom. The van der Waals surface area contributed by atoms with Gasteiger partial charge in [-0.15, -0.1) is 0 Å². The van der Waals surface area contributed by atoms with Crippen LogP contribution in [0, 0.1) is 9.49 Å². The number of hydrogen-bond acceptors (Lipinski definition) is 10. The Hall–Kier alpha value is -4.58. The maximum atomic E-state index is 6.49. The van der Waals surface area contributed by atoms with Crippen LogP contribution in [0.2, 0.25) is 5.15 Å². The van der Waals surface area contributed by atoms with Crippen LogP contribution in [0.25, 0.3) is 32.8 Å². The second-order valence-electron chi connectivity index (χ2n) is 16.7. The van der Waals surface area contributed by atoms with Crippen LogP contribution in [-0.4, -0.2) is 56.7 Å². The molecule has 11 nitrogen and oxygen atoms in total. The number of pyridine rings is 2. The largest absolute Gasteiger partial charge is 0.497 e. The predicted molar refractivity (Wildman–Crippen MR) is 281 cm³/mol. The van der Waals surface area contributed by atoms with Crippen LogP contribution in [0.1, 0.15) is 56.8 Å². The Balaban J connectivity index is 0.000000217. The summed E-state index contributed by atoms with van der Waals surface area (Å²) in [6.07, 6.45) is 6.38. The predicted octanol–water partition coefficient (Wildman–Crippen LogP) is 13.6. The average Bonchev–Trinajstić information content (AvgIpc) is 3.98. The summed E-state index contributed by atoms with van der Waals surface area (Å²) in [6.45, 7) is 5.38. The third-order valence-electron chi connectivity index (χ3n) is 12.0. The Morgan fingerprint density at radius 1 is 0.742 bits per heavy atom. The molecule has 15 heteroatoms. The number of aryl methyl sites for hydroxylation is 1. The Morgan fingerprint density at radius 3 is 1.91 bits per heavy atom. The van der Waals surface area contributed by atoms with E-state index in [0.717, 1.165) is 89.7 Å². The van der Waals surface area contributed by atoms with Gasteiger partial charge in [0.25, 0.3) is 0 Å². The molecule has 0 radical (unpaired) electrons. The summed E-state index contributed by atoms with van der Waals surface area (Å²) in [5.74, 6) is 3.09. The van der Waals surface area contributed by atoms with E-state index in [9.17, 15) is 0 Å². The molecule has 66 heavy (non-hydrogen) atoms. The number of ether oxygens (including phenoxy) is 4. The molecule has 4 aromatic carbocycles. The van der Waals surface area contributed by atoms with Crippen molar-refractivity contribution in [1.29, 1.82) is 0 Å². The lowest BCUT2D eigenvalue weighted by Gasteiger charge is -2.24. The van der Waals surface area contributed by atoms with E-state index in [4.69, 9.17) is 40.5 Å². The van der Waals surface area contributed by atoms with E-state index in [1.807, 2.05) is 56.3 Å². The van der Waals surface area contributed by atoms with Crippen molar-refractivity contribution in [3.8, 4) is 11.5 Å². The minimum absolute atomic E-state index is 0. The smallest absolute Gasteiger partial charge is 0.163 e. The van der Waals surface area contributed by atoms with E-state index in [1.54, 1.807) is 14.2 Å². The molecule has 0 unspecified atom stereocenters. The van der Waals surface area contributed by atoms with Crippen molar-refractivity contribution in [3.05, 3.63) is 150 Å². The monoisotopic (exact) mass is 1150 g/mol. The Labute approximate surface area is 420 Å². The lowest BCUT2D eigenvalue weighted by atomic mass is 9.95. The van der Waals surface area contributed by atoms with Crippen molar-refractivity contribution in [1.82, 2.24) is 24.5 Å². The first kappa shape index (κ1) is 47.9. The molecule has 2 N–H and O–H groups in total. The van der Waals surface area contributed by atoms with Gasteiger partial charge < -0.3 is 34.1 Å². The van der Waals surface area contributed by atoms with E-state index < -0.39 is 5.79 Å². The molecule has 2 aliphatic rings. The SMILES string of the molecule is C.COc1ccc(CNc2nc3cc(CC[C@H]4C[C@@H](n5ccc6c(Cl)ncnc65)[C@@H]5OC(C)(C)O[C@H]45)ccc3cc2Br)cc1.COc1ccc(CNc2nc3cc(I)ccc3cc2Br)cc1. The molecular weight excluding hydrogens is 1100 g/mol. The number of anilines is 2. The van der Waals surface area contributed by atoms with Crippen molar-refractivity contribution >= 4 is 111 Å². The number of nitrogens with one attached hydrogen (secondary N) is 2. The fraction of sp³-hybridized carbons (Fsp3) is 0.294. The normalized spacial score (nSPS) is 18.4. The van der Waals surface area contributed by atoms with Gasteiger partial charge in [0.1, 0.15) is 46.4 Å². The van der Waals surface area contributed by atoms with Gasteiger partial charge in [-0.1, -0.05) is 61.5 Å². The molecule has 4 atom stereocenters. The summed E-state index contributed by atoms with van der Waals surface area (Å²) in [5, 5.41) is 10.4. The highest BCUT2D eigenvalue weighted by molar-refractivity contribution is 14.1. The number of fused-ring (bicyclic) bond motifs is 4. The molecule has 10 rings (SSSR count). The second kappa shape index (κ2) is 20.7. The van der Waals surface area contributed by atoms with Crippen molar-refractivity contribution in [2.75, 3.05) is 24.9 Å². The Kier molecular flexibility index (Phi) is 15.1. The van der Waals surface area contributed by atoms with Crippen LogP contribution < -0.4 is 20.1 Å². The number of nitrogens with zero attached hydrogens (tertiary/aromatic N) is 5. The van der Waals surface area contributed by atoms with Gasteiger partial charge in [-0.05, 0) is 171 Å². The highest BCUT2D eigenvalue weighted by Gasteiger charge is 2.54. The van der Waals surface area contributed by atoms with E-state index in [2.05, 4.69) is 146 Å². The summed E-state index contributed by atoms with van der Waals surface area (Å²) in [7, 11) is 3.35. The molecule has 1 aliphatic carbocycles. The molecule has 4 aromatic heterocycles. The van der Waals surface area contributed by atoms with Gasteiger partial charge in [0.05, 0.1) is 51.7 Å². The van der Waals surface area contributed by atoms with Crippen LogP contribution in [0.3, 0.4) is 0 Å². The van der Waals surface area contributed by atoms with E-state index in [0.29, 0.717) is 24.2 Å². The summed E-state index contributed by atoms with van der Waals surface area (Å²) in [5.41, 5.74) is 6.39. The number of halogens is 4. The zero-order valence-corrected chi connectivity index (χ0v) is 42.3. The fourth-order valence-corrected chi connectivity index (χ4v) is 10.4. The van der Waals surface area contributed by atoms with Gasteiger partial charge in [-0.3, -0.25) is 0 Å². The molecule has 0 spiro atoms. The third-order valence-corrected chi connectivity index (χ3v) is 14.2. The number of methoxy groups -OCH3 is 2. The number of hydrogen-bond donors (Lipinski definition) is 2. The number of benzene rings is 4. The quantitative estimate of drug-likeness (QED) is 0.0904. The number of aromatic nitrogens is 5. The maximum absolute atomic E-state index is 6.49. The molecule has 0 amide bonds. The van der Waals surface area contributed by atoms with Gasteiger partial charge in [0, 0.05) is 33.6 Å². The molecule has 1 saturated carbocycles. The maximum Gasteiger partial charge on any atom is 0.163 e. The van der Waals surface area contributed by atoms with Crippen molar-refractivity contribution < 1.29 is 18.9 Å². The fourth-order valence-electron chi connectivity index (χ4n) is 8.73. The van der Waals surface area contributed by atoms with Gasteiger partial charge >= 0.3 is 0 Å². The van der Waals surface area contributed by atoms with Crippen LogP contribution >= 0.6 is 66.1 Å². The first-order valence-corrected chi connectivity index (χ1v) is 24.4. The standard InChI is InChI=1S/C33H33BrClN5O3.C17H14BrIN2O.CH4/c1-33(2)42-28-22(16-27(29(28)43-33)40-13-12-24-30(35)37-18-38-32(24)40)9-5-19-4-8-21-15-25(34)31(39-26(21)14-19)36-17-20-6-10-23(41-3)11-7-20;1-22-14-6-2-11(3-7-14)10-20-17-15(18)8-12-4-5-13(19)9-16(12)21-17;/h4,6-8,10-15,18,22,27-29H,5,9,16-17H2,1-3H3,(H,36,39);2-9H,10H2,1H3,(H,20,21);1H4/t22-,27+,28+,29-;;/m0../s1. The van der Waals surface area contributed by atoms with Gasteiger partial charge in [-0.2, -0.15) is 0 Å². The summed E-state index contributed by atoms with van der Waals surface area (Å²) in [6, 6.07) is 35.2. The summed E-state index contributed by atoms with van der Waals surface area (Å²) < 4.78 is 28.7. The molecule has 2 fully saturated rings. The summed E-state index contributed by atoms with van der Waals surface area (Å²) in [4.78, 5) is 18.4. The van der Waals surface area contributed by atoms with E-state index in [-0.39, 0.29) is 25.7 Å². The molecular formula is C51H51Br2ClIN7O4. The zero-order chi connectivity index (χ0) is 45.2. The van der Waals surface area contributed by atoms with Crippen LogP contribution in [-0.2, 0) is 29.0 Å². The molecule has 5 heterocycles. The van der Waals surface area contributed by atoms with Crippen molar-refractivity contribution in [2.45, 2.75) is 77.7 Å². The van der Waals surface area contributed by atoms with Gasteiger partial charge in [0.2, 0.25) is 0 Å². The molecule has 0 bridgehead atoms. The highest BCUT2D eigenvalue weighted by atomic mass is 127. The highest BCUT2D eigenvalue weighted by Crippen LogP contribution is 2.49. The second-order valence-corrected chi connectivity index (χ2v) is 20.0. The van der Waals surface area contributed by atoms with E-state index >= 15 is 0 Å². The van der Waals surface area contributed by atoms with E-state index in [1.165, 1.54) is 21.0 Å². The van der Waals surface area contributed by atoms with Crippen LogP contribution in [0.4, 0.5) is 11.6 Å². The molecule has 1 saturated heterocycles. The molecule has 342 valence electrons. The van der Waals surface area contributed by atoms with Crippen molar-refractivity contribution in [2.24, 2.45) is 5.92 Å². The van der Waals surface area contributed by atoms with Crippen LogP contribution in [0.15, 0.2) is 125 Å². The average molecular weight is 1150 g/mol. The molecule has 1 aliphatic heterocycles. The lowest BCUT2D eigenvalue weighted by molar-refractivity contribution is -0.160. The van der Waals surface area contributed by atoms with Crippen LogP contribution in [0.5, 0.6) is 11.5 Å². The lowest BCUT2D eigenvalue weighted by Crippen LogP contribution is -2.27. The summed E-state index contributed by atoms with van der Waals surface area (Å²) >= 11 is 15.9. The topological polar surface area (TPSA) is 117 Å². The first-order chi connectivity index (χ1) is 31.4. The minimum Gasteiger partial charge on any atom is -0.497 e. The first-order valence-electron chi connectivity index (χ1n) is 21.3. The van der Waals surface area contributed by atoms with Gasteiger partial charge in [-0.25, -0.2) is 19.9 Å². The minimum atomic E-state index is -0.628.